The maximum atomic E-state index is 13.4. The van der Waals surface area contributed by atoms with Gasteiger partial charge in [0.05, 0.1) is 25.4 Å². The van der Waals surface area contributed by atoms with Crippen LogP contribution in [-0.2, 0) is 23.8 Å². The fourth-order valence-corrected chi connectivity index (χ4v) is 8.72. The minimum atomic E-state index is -1.65. The summed E-state index contributed by atoms with van der Waals surface area (Å²) in [6.07, 6.45) is 72.8. The van der Waals surface area contributed by atoms with Gasteiger partial charge >= 0.3 is 5.97 Å². The number of carbonyl (C=O) groups excluding carboxylic acids is 2. The fraction of sp³-hybridized carbons (Fsp3) is 0.606. The molecule has 8 atom stereocenters. The number of amides is 1. The molecule has 0 bridgehead atoms. The molecule has 1 aliphatic heterocycles. The van der Waals surface area contributed by atoms with Gasteiger partial charge in [-0.3, -0.25) is 9.59 Å². The summed E-state index contributed by atoms with van der Waals surface area (Å²) in [6.45, 7) is 5.49. The maximum absolute atomic E-state index is 13.4. The molecule has 6 N–H and O–H groups in total. The lowest BCUT2D eigenvalue weighted by molar-refractivity contribution is -0.305. The average Bonchev–Trinajstić information content (AvgIpc) is 3.44. The van der Waals surface area contributed by atoms with E-state index in [2.05, 4.69) is 166 Å². The second-order valence-corrected chi connectivity index (χ2v) is 21.0. The molecule has 462 valence electrons. The van der Waals surface area contributed by atoms with Crippen molar-refractivity contribution in [2.75, 3.05) is 13.2 Å². The van der Waals surface area contributed by atoms with Gasteiger partial charge in [-0.25, -0.2) is 0 Å². The van der Waals surface area contributed by atoms with Crippen molar-refractivity contribution >= 4 is 11.9 Å². The van der Waals surface area contributed by atoms with Crippen LogP contribution in [0.5, 0.6) is 0 Å². The zero-order valence-electron chi connectivity index (χ0n) is 51.0. The van der Waals surface area contributed by atoms with Crippen molar-refractivity contribution in [3.8, 4) is 0 Å². The first-order chi connectivity index (χ1) is 40.2. The van der Waals surface area contributed by atoms with Crippen LogP contribution in [0.15, 0.2) is 158 Å². The van der Waals surface area contributed by atoms with E-state index in [0.29, 0.717) is 19.3 Å². The number of aliphatic hydroxyl groups excluding tert-OH is 5. The quantitative estimate of drug-likeness (QED) is 0.0195. The van der Waals surface area contributed by atoms with E-state index in [1.54, 1.807) is 6.08 Å². The van der Waals surface area contributed by atoms with Gasteiger partial charge in [-0.1, -0.05) is 237 Å². The first kappa shape index (κ1) is 75.3. The number of carbonyl (C=O) groups is 2. The van der Waals surface area contributed by atoms with Crippen LogP contribution < -0.4 is 5.32 Å². The normalized spacial score (nSPS) is 19.7. The molecule has 1 amide bonds. The van der Waals surface area contributed by atoms with Crippen LogP contribution in [-0.4, -0.2) is 99.6 Å². The number of rotatable bonds is 51. The Kier molecular flexibility index (Phi) is 52.1. The molecule has 1 saturated heterocycles. The number of ether oxygens (including phenoxy) is 3. The van der Waals surface area contributed by atoms with Crippen molar-refractivity contribution in [2.45, 2.75) is 262 Å². The molecule has 0 aromatic rings. The van der Waals surface area contributed by atoms with Gasteiger partial charge in [0, 0.05) is 6.42 Å². The van der Waals surface area contributed by atoms with Crippen molar-refractivity contribution < 1.29 is 49.3 Å². The predicted molar refractivity (Wildman–Crippen MR) is 342 cm³/mol. The average molecular weight is 1140 g/mol. The molecule has 1 aliphatic rings. The lowest BCUT2D eigenvalue weighted by Crippen LogP contribution is -2.61. The van der Waals surface area contributed by atoms with E-state index in [4.69, 9.17) is 14.2 Å². The molecule has 0 spiro atoms. The second kappa shape index (κ2) is 56.7. The van der Waals surface area contributed by atoms with Crippen LogP contribution in [0.3, 0.4) is 0 Å². The van der Waals surface area contributed by atoms with Crippen molar-refractivity contribution in [1.82, 2.24) is 5.32 Å². The lowest BCUT2D eigenvalue weighted by atomic mass is 9.99. The Hall–Kier alpha value is -4.72. The molecule has 0 radical (unpaired) electrons. The number of hydrogen-bond donors (Lipinski definition) is 6. The Morgan fingerprint density at radius 1 is 0.488 bits per heavy atom. The van der Waals surface area contributed by atoms with Gasteiger partial charge < -0.3 is 45.1 Å². The van der Waals surface area contributed by atoms with Crippen molar-refractivity contribution in [2.24, 2.45) is 0 Å². The third-order valence-electron chi connectivity index (χ3n) is 13.7. The standard InChI is InChI=1S/C71H113NO10/c1-4-7-10-13-16-19-22-25-27-29-31-33-35-37-39-41-44-47-50-53-56-59-66(76)82-69-68(78)67(77)65(60-73)81-71(69)80-61-62(63(74)57-54-51-48-45-42-24-21-18-15-12-9-6-3)72-70(79)64(75)58-55-52-49-46-43-40-38-36-34-32-30-28-26-23-20-17-14-11-8-5-2/h7-8,10-11,16-17,19-20,25-28,31-34,37-40,44,46-47,49,54,57,62-65,67-69,71,73-75,77-78H,4-6,9,12-15,18,21-24,29-30,35-36,41-43,45,48,50-53,55-56,58-61H2,1-3H3,(H,72,79)/b10-7-,11-8-,19-16-,20-17-,27-25-,28-26-,33-31-,34-32-,39-37-,40-38-,47-44-,49-46-,57-54+. The molecular formula is C71H113NO10. The summed E-state index contributed by atoms with van der Waals surface area (Å²) in [6, 6.07) is -1.07. The zero-order chi connectivity index (χ0) is 59.6. The number of unbranched alkanes of at least 4 members (excludes halogenated alkanes) is 13. The number of hydrogen-bond acceptors (Lipinski definition) is 10. The van der Waals surface area contributed by atoms with E-state index in [0.717, 1.165) is 116 Å². The third kappa shape index (κ3) is 43.9. The number of esters is 1. The van der Waals surface area contributed by atoms with E-state index in [-0.39, 0.29) is 19.4 Å². The molecule has 1 fully saturated rings. The highest BCUT2D eigenvalue weighted by atomic mass is 16.7. The van der Waals surface area contributed by atoms with Crippen molar-refractivity contribution in [1.29, 1.82) is 0 Å². The van der Waals surface area contributed by atoms with Gasteiger partial charge in [-0.2, -0.15) is 0 Å². The third-order valence-corrected chi connectivity index (χ3v) is 13.7. The van der Waals surface area contributed by atoms with Gasteiger partial charge in [0.15, 0.2) is 12.4 Å². The highest BCUT2D eigenvalue weighted by molar-refractivity contribution is 5.80. The molecule has 0 aliphatic carbocycles. The summed E-state index contributed by atoms with van der Waals surface area (Å²) < 4.78 is 17.6. The lowest BCUT2D eigenvalue weighted by Gasteiger charge is -2.41. The smallest absolute Gasteiger partial charge is 0.306 e. The van der Waals surface area contributed by atoms with E-state index < -0.39 is 67.4 Å². The summed E-state index contributed by atoms with van der Waals surface area (Å²) in [5, 5.41) is 57.0. The van der Waals surface area contributed by atoms with Crippen LogP contribution in [0, 0.1) is 0 Å². The van der Waals surface area contributed by atoms with Crippen LogP contribution in [0.2, 0.25) is 0 Å². The Morgan fingerprint density at radius 3 is 1.32 bits per heavy atom. The Morgan fingerprint density at radius 2 is 0.878 bits per heavy atom. The molecule has 82 heavy (non-hydrogen) atoms. The van der Waals surface area contributed by atoms with Crippen LogP contribution in [0.4, 0.5) is 0 Å². The summed E-state index contributed by atoms with van der Waals surface area (Å²) in [5.74, 6) is -1.30. The first-order valence-electron chi connectivity index (χ1n) is 31.8. The highest BCUT2D eigenvalue weighted by Gasteiger charge is 2.47. The molecule has 0 saturated carbocycles. The van der Waals surface area contributed by atoms with E-state index in [1.165, 1.54) is 44.9 Å². The maximum Gasteiger partial charge on any atom is 0.306 e. The van der Waals surface area contributed by atoms with Gasteiger partial charge in [0.2, 0.25) is 5.91 Å². The zero-order valence-corrected chi connectivity index (χ0v) is 51.0. The van der Waals surface area contributed by atoms with E-state index in [1.807, 2.05) is 12.2 Å². The van der Waals surface area contributed by atoms with Crippen LogP contribution in [0.1, 0.15) is 213 Å². The first-order valence-corrected chi connectivity index (χ1v) is 31.8. The largest absolute Gasteiger partial charge is 0.454 e. The van der Waals surface area contributed by atoms with Crippen LogP contribution in [0.25, 0.3) is 0 Å². The second-order valence-electron chi connectivity index (χ2n) is 21.0. The SMILES string of the molecule is CC/C=C\C/C=C\C/C=C\C/C=C\C/C=C\C/C=C\CCCCC(=O)OC1C(OCC(NC(=O)C(O)CCC/C=C\C/C=C\C/C=C\C/C=C\C/C=C\C/C=C\CC)C(O)/C=C/CCCCCCCCCCCC)OC(CO)C(O)C1O. The predicted octanol–water partition coefficient (Wildman–Crippen LogP) is 15.6. The molecule has 8 unspecified atom stereocenters. The monoisotopic (exact) mass is 1140 g/mol. The van der Waals surface area contributed by atoms with Crippen molar-refractivity contribution in [3.63, 3.8) is 0 Å². The van der Waals surface area contributed by atoms with Crippen LogP contribution >= 0.6 is 0 Å². The summed E-state index contributed by atoms with van der Waals surface area (Å²) in [7, 11) is 0. The Bertz CT molecular complexity index is 1940. The number of aliphatic hydroxyl groups is 5. The molecule has 0 aromatic carbocycles. The van der Waals surface area contributed by atoms with E-state index in [9.17, 15) is 35.1 Å². The minimum absolute atomic E-state index is 0.0529. The van der Waals surface area contributed by atoms with Gasteiger partial charge in [0.1, 0.15) is 24.4 Å². The molecule has 0 aromatic heterocycles. The number of nitrogens with one attached hydrogen (secondary N) is 1. The highest BCUT2D eigenvalue weighted by Crippen LogP contribution is 2.26. The Labute approximate surface area is 497 Å². The van der Waals surface area contributed by atoms with Gasteiger partial charge in [0.25, 0.3) is 0 Å². The minimum Gasteiger partial charge on any atom is -0.454 e. The van der Waals surface area contributed by atoms with Gasteiger partial charge in [-0.05, 0) is 128 Å². The summed E-state index contributed by atoms with van der Waals surface area (Å²) in [5.41, 5.74) is 0. The molecular weight excluding hydrogens is 1030 g/mol. The molecule has 1 heterocycles. The molecule has 11 heteroatoms. The summed E-state index contributed by atoms with van der Waals surface area (Å²) in [4.78, 5) is 26.6. The van der Waals surface area contributed by atoms with E-state index >= 15 is 0 Å². The van der Waals surface area contributed by atoms with Gasteiger partial charge in [-0.15, -0.1) is 0 Å². The molecule has 11 nitrogen and oxygen atoms in total. The fourth-order valence-electron chi connectivity index (χ4n) is 8.72. The summed E-state index contributed by atoms with van der Waals surface area (Å²) >= 11 is 0. The van der Waals surface area contributed by atoms with Crippen molar-refractivity contribution in [3.05, 3.63) is 158 Å². The Balaban J connectivity index is 2.74. The number of allylic oxidation sites excluding steroid dienone is 25. The topological polar surface area (TPSA) is 175 Å². The molecule has 1 rings (SSSR count).